The van der Waals surface area contributed by atoms with Crippen molar-refractivity contribution in [2.24, 2.45) is 0 Å². The molecule has 1 aromatic rings. The molecule has 0 radical (unpaired) electrons. The van der Waals surface area contributed by atoms with Crippen molar-refractivity contribution in [1.82, 2.24) is 4.98 Å². The van der Waals surface area contributed by atoms with Gasteiger partial charge in [0.05, 0.1) is 6.61 Å². The largest absolute Gasteiger partial charge is 0.394 e. The van der Waals surface area contributed by atoms with Gasteiger partial charge in [-0.05, 0) is 18.1 Å². The summed E-state index contributed by atoms with van der Waals surface area (Å²) in [5, 5.41) is 30.8. The van der Waals surface area contributed by atoms with Crippen LogP contribution in [-0.4, -0.2) is 39.6 Å². The number of nitrogens with one attached hydrogen (secondary N) is 1. The molecular formula is C10H14N2O3. The molecule has 0 aliphatic carbocycles. The van der Waals surface area contributed by atoms with E-state index in [2.05, 4.69) is 10.3 Å². The Kier molecular flexibility index (Phi) is 2.86. The average molecular weight is 210 g/mol. The van der Waals surface area contributed by atoms with E-state index in [4.69, 9.17) is 5.11 Å². The van der Waals surface area contributed by atoms with Crippen molar-refractivity contribution in [3.63, 3.8) is 0 Å². The number of anilines is 1. The van der Waals surface area contributed by atoms with E-state index in [-0.39, 0.29) is 0 Å². The number of aliphatic hydroxyl groups excluding tert-OH is 3. The van der Waals surface area contributed by atoms with Crippen LogP contribution >= 0.6 is 0 Å². The molecule has 2 unspecified atom stereocenters. The van der Waals surface area contributed by atoms with Gasteiger partial charge >= 0.3 is 0 Å². The zero-order valence-electron chi connectivity index (χ0n) is 8.22. The Morgan fingerprint density at radius 2 is 2.27 bits per heavy atom. The molecular weight excluding hydrogens is 196 g/mol. The van der Waals surface area contributed by atoms with Crippen LogP contribution in [0.15, 0.2) is 12.3 Å². The first-order valence-corrected chi connectivity index (χ1v) is 4.92. The fraction of sp³-hybridized carbons (Fsp3) is 0.500. The van der Waals surface area contributed by atoms with E-state index in [9.17, 15) is 10.2 Å². The summed E-state index contributed by atoms with van der Waals surface area (Å²) in [6.07, 6.45) is 0.159. The van der Waals surface area contributed by atoms with Crippen LogP contribution in [0.5, 0.6) is 0 Å². The molecule has 0 saturated heterocycles. The smallest absolute Gasteiger partial charge is 0.129 e. The molecule has 1 aliphatic heterocycles. The summed E-state index contributed by atoms with van der Waals surface area (Å²) >= 11 is 0. The van der Waals surface area contributed by atoms with Crippen LogP contribution < -0.4 is 5.32 Å². The minimum Gasteiger partial charge on any atom is -0.394 e. The minimum atomic E-state index is -1.15. The Morgan fingerprint density at radius 3 is 3.00 bits per heavy atom. The van der Waals surface area contributed by atoms with Gasteiger partial charge in [-0.1, -0.05) is 0 Å². The van der Waals surface area contributed by atoms with Crippen LogP contribution in [0.2, 0.25) is 0 Å². The number of hydrogen-bond donors (Lipinski definition) is 4. The molecule has 0 amide bonds. The van der Waals surface area contributed by atoms with Crippen LogP contribution in [0, 0.1) is 0 Å². The van der Waals surface area contributed by atoms with Crippen molar-refractivity contribution in [2.75, 3.05) is 18.5 Å². The Bertz CT molecular complexity index is 357. The lowest BCUT2D eigenvalue weighted by molar-refractivity contribution is -0.0154. The molecule has 2 atom stereocenters. The normalized spacial score (nSPS) is 18.1. The molecule has 0 bridgehead atoms. The highest BCUT2D eigenvalue weighted by Gasteiger charge is 2.20. The van der Waals surface area contributed by atoms with Gasteiger partial charge in [0.2, 0.25) is 0 Å². The van der Waals surface area contributed by atoms with E-state index < -0.39 is 18.8 Å². The molecule has 0 saturated carbocycles. The van der Waals surface area contributed by atoms with Gasteiger partial charge < -0.3 is 20.6 Å². The maximum Gasteiger partial charge on any atom is 0.129 e. The summed E-state index contributed by atoms with van der Waals surface area (Å²) in [6, 6.07) is 1.81. The molecule has 0 fully saturated rings. The van der Waals surface area contributed by atoms with Crippen molar-refractivity contribution in [2.45, 2.75) is 18.6 Å². The monoisotopic (exact) mass is 210 g/mol. The minimum absolute atomic E-state index is 0.462. The highest BCUT2D eigenvalue weighted by molar-refractivity contribution is 5.50. The van der Waals surface area contributed by atoms with E-state index in [1.165, 1.54) is 6.20 Å². The van der Waals surface area contributed by atoms with Gasteiger partial charge in [-0.15, -0.1) is 0 Å². The second-order valence-electron chi connectivity index (χ2n) is 3.65. The number of pyridine rings is 1. The molecule has 5 heteroatoms. The van der Waals surface area contributed by atoms with Gasteiger partial charge in [-0.2, -0.15) is 0 Å². The average Bonchev–Trinajstić information content (AvgIpc) is 2.73. The third kappa shape index (κ3) is 1.94. The first-order valence-electron chi connectivity index (χ1n) is 4.92. The summed E-state index contributed by atoms with van der Waals surface area (Å²) < 4.78 is 0. The van der Waals surface area contributed by atoms with Gasteiger partial charge in [0, 0.05) is 18.3 Å². The van der Waals surface area contributed by atoms with Crippen LogP contribution in [-0.2, 0) is 6.42 Å². The maximum absolute atomic E-state index is 9.65. The predicted octanol–water partition coefficient (Wildman–Crippen LogP) is -0.564. The van der Waals surface area contributed by atoms with Crippen molar-refractivity contribution in [1.29, 1.82) is 0 Å². The van der Waals surface area contributed by atoms with Crippen molar-refractivity contribution in [3.8, 4) is 0 Å². The number of fused-ring (bicyclic) bond motifs is 1. The first-order chi connectivity index (χ1) is 7.22. The van der Waals surface area contributed by atoms with Crippen LogP contribution in [0.3, 0.4) is 0 Å². The second kappa shape index (κ2) is 4.14. The molecule has 0 aromatic carbocycles. The molecule has 2 heterocycles. The van der Waals surface area contributed by atoms with Crippen molar-refractivity contribution in [3.05, 3.63) is 23.4 Å². The van der Waals surface area contributed by atoms with Gasteiger partial charge in [0.25, 0.3) is 0 Å². The molecule has 4 N–H and O–H groups in total. The SMILES string of the molecule is OCC(O)C(O)c1cnc2c(c1)CCN2. The lowest BCUT2D eigenvalue weighted by Crippen LogP contribution is -2.22. The predicted molar refractivity (Wildman–Crippen MR) is 54.5 cm³/mol. The van der Waals surface area contributed by atoms with Crippen LogP contribution in [0.4, 0.5) is 5.82 Å². The molecule has 2 rings (SSSR count). The Morgan fingerprint density at radius 1 is 1.47 bits per heavy atom. The van der Waals surface area contributed by atoms with Gasteiger partial charge in [-0.25, -0.2) is 4.98 Å². The number of aromatic nitrogens is 1. The molecule has 15 heavy (non-hydrogen) atoms. The van der Waals surface area contributed by atoms with Gasteiger partial charge in [0.15, 0.2) is 0 Å². The topological polar surface area (TPSA) is 85.6 Å². The van der Waals surface area contributed by atoms with Gasteiger partial charge in [-0.3, -0.25) is 0 Å². The Hall–Kier alpha value is -1.17. The van der Waals surface area contributed by atoms with Crippen molar-refractivity contribution >= 4 is 5.82 Å². The lowest BCUT2D eigenvalue weighted by atomic mass is 10.0. The summed E-state index contributed by atoms with van der Waals surface area (Å²) in [4.78, 5) is 4.13. The molecule has 1 aromatic heterocycles. The van der Waals surface area contributed by atoms with E-state index in [0.717, 1.165) is 24.3 Å². The summed E-state index contributed by atoms with van der Waals surface area (Å²) in [6.45, 7) is 0.390. The Balaban J connectivity index is 2.22. The standard InChI is InChI=1S/C10H14N2O3/c13-5-8(14)9(15)7-3-6-1-2-11-10(6)12-4-7/h3-4,8-9,13-15H,1-2,5H2,(H,11,12). The number of nitrogens with zero attached hydrogens (tertiary/aromatic N) is 1. The molecule has 1 aliphatic rings. The van der Waals surface area contributed by atoms with Crippen LogP contribution in [0.25, 0.3) is 0 Å². The number of rotatable bonds is 3. The molecule has 82 valence electrons. The number of hydrogen-bond acceptors (Lipinski definition) is 5. The van der Waals surface area contributed by atoms with E-state index in [0.29, 0.717) is 5.56 Å². The number of aliphatic hydroxyl groups is 3. The first kappa shape index (κ1) is 10.4. The maximum atomic E-state index is 9.65. The zero-order chi connectivity index (χ0) is 10.8. The summed E-state index contributed by atoms with van der Waals surface area (Å²) in [5.74, 6) is 0.837. The van der Waals surface area contributed by atoms with Crippen LogP contribution in [0.1, 0.15) is 17.2 Å². The fourth-order valence-corrected chi connectivity index (χ4v) is 1.68. The highest BCUT2D eigenvalue weighted by Crippen LogP contribution is 2.24. The Labute approximate surface area is 87.4 Å². The second-order valence-corrected chi connectivity index (χ2v) is 3.65. The lowest BCUT2D eigenvalue weighted by Gasteiger charge is -2.16. The van der Waals surface area contributed by atoms with Gasteiger partial charge in [0.1, 0.15) is 18.0 Å². The third-order valence-corrected chi connectivity index (χ3v) is 2.57. The van der Waals surface area contributed by atoms with E-state index >= 15 is 0 Å². The summed E-state index contributed by atoms with van der Waals surface area (Å²) in [5.41, 5.74) is 1.58. The molecule has 0 spiro atoms. The highest BCUT2D eigenvalue weighted by atomic mass is 16.4. The molecule has 5 nitrogen and oxygen atoms in total. The van der Waals surface area contributed by atoms with E-state index in [1.54, 1.807) is 0 Å². The zero-order valence-corrected chi connectivity index (χ0v) is 8.22. The third-order valence-electron chi connectivity index (χ3n) is 2.57. The summed E-state index contributed by atoms with van der Waals surface area (Å²) in [7, 11) is 0. The quantitative estimate of drug-likeness (QED) is 0.537. The van der Waals surface area contributed by atoms with Crippen molar-refractivity contribution < 1.29 is 15.3 Å². The fourth-order valence-electron chi connectivity index (χ4n) is 1.68. The van der Waals surface area contributed by atoms with E-state index in [1.807, 2.05) is 6.07 Å².